The minimum Gasteiger partial charge on any atom is -0.472 e. The first-order valence-corrected chi connectivity index (χ1v) is 9.37. The standard InChI is InChI=1S/C14H15F3N6O5S/c15-9-2-1-7(5-8(9)12(16)17)21-13(19)11-14(23-28-22-11)27-4-3-20-29(25,26)6-10(18)24/h1-2,5,12,20H,3-4,6H2,(H2,18,24)(H2,19,21). The molecule has 1 amide bonds. The summed E-state index contributed by atoms with van der Waals surface area (Å²) in [4.78, 5) is 14.5. The van der Waals surface area contributed by atoms with Gasteiger partial charge in [0.15, 0.2) is 5.84 Å². The molecule has 5 N–H and O–H groups in total. The maximum Gasteiger partial charge on any atom is 0.287 e. The van der Waals surface area contributed by atoms with Crippen molar-refractivity contribution in [1.82, 2.24) is 15.0 Å². The zero-order valence-electron chi connectivity index (χ0n) is 14.5. The first kappa shape index (κ1) is 22.1. The summed E-state index contributed by atoms with van der Waals surface area (Å²) in [5, 5.41) is 6.89. The minimum absolute atomic E-state index is 0.0765. The topological polar surface area (TPSA) is 176 Å². The molecule has 0 spiro atoms. The SMILES string of the molecule is NC(=O)CS(=O)(=O)NCCOc1nonc1C(N)=Nc1ccc(F)c(C(F)F)c1. The van der Waals surface area contributed by atoms with E-state index in [4.69, 9.17) is 16.2 Å². The zero-order valence-corrected chi connectivity index (χ0v) is 15.3. The number of aromatic nitrogens is 2. The van der Waals surface area contributed by atoms with Gasteiger partial charge in [-0.25, -0.2) is 35.9 Å². The number of ether oxygens (including phenoxy) is 1. The lowest BCUT2D eigenvalue weighted by molar-refractivity contribution is -0.115. The van der Waals surface area contributed by atoms with Gasteiger partial charge in [-0.2, -0.15) is 0 Å². The highest BCUT2D eigenvalue weighted by atomic mass is 32.2. The Morgan fingerprint density at radius 1 is 1.31 bits per heavy atom. The molecule has 1 aromatic carbocycles. The molecule has 0 fully saturated rings. The van der Waals surface area contributed by atoms with Crippen molar-refractivity contribution in [3.63, 3.8) is 0 Å². The smallest absolute Gasteiger partial charge is 0.287 e. The fraction of sp³-hybridized carbons (Fsp3) is 0.286. The molecule has 0 saturated heterocycles. The van der Waals surface area contributed by atoms with Gasteiger partial charge in [-0.3, -0.25) is 4.79 Å². The zero-order chi connectivity index (χ0) is 21.6. The lowest BCUT2D eigenvalue weighted by Crippen LogP contribution is -2.35. The highest BCUT2D eigenvalue weighted by molar-refractivity contribution is 7.90. The average Bonchev–Trinajstić information content (AvgIpc) is 3.07. The third kappa shape index (κ3) is 6.42. The monoisotopic (exact) mass is 436 g/mol. The van der Waals surface area contributed by atoms with Crippen molar-refractivity contribution in [3.8, 4) is 5.88 Å². The number of aliphatic imine (C=N–C) groups is 1. The molecule has 158 valence electrons. The van der Waals surface area contributed by atoms with Gasteiger partial charge in [0.25, 0.3) is 12.3 Å². The number of amidine groups is 1. The van der Waals surface area contributed by atoms with Crippen LogP contribution in [0.25, 0.3) is 0 Å². The van der Waals surface area contributed by atoms with E-state index >= 15 is 0 Å². The van der Waals surface area contributed by atoms with Crippen LogP contribution in [-0.2, 0) is 14.8 Å². The van der Waals surface area contributed by atoms with Crippen molar-refractivity contribution in [3.05, 3.63) is 35.3 Å². The van der Waals surface area contributed by atoms with E-state index in [2.05, 4.69) is 24.7 Å². The molecule has 0 radical (unpaired) electrons. The maximum absolute atomic E-state index is 13.3. The Labute approximate surface area is 161 Å². The van der Waals surface area contributed by atoms with Crippen LogP contribution in [0.2, 0.25) is 0 Å². The van der Waals surface area contributed by atoms with Crippen LogP contribution in [0.15, 0.2) is 27.8 Å². The average molecular weight is 436 g/mol. The summed E-state index contributed by atoms with van der Waals surface area (Å²) in [7, 11) is -3.91. The third-order valence-electron chi connectivity index (χ3n) is 3.16. The van der Waals surface area contributed by atoms with E-state index < -0.39 is 39.5 Å². The second-order valence-corrected chi connectivity index (χ2v) is 7.20. The second kappa shape index (κ2) is 9.33. The second-order valence-electron chi connectivity index (χ2n) is 5.39. The van der Waals surface area contributed by atoms with Crippen LogP contribution in [0.3, 0.4) is 0 Å². The number of benzene rings is 1. The quantitative estimate of drug-likeness (QED) is 0.264. The Balaban J connectivity index is 2.05. The number of carbonyl (C=O) groups excluding carboxylic acids is 1. The number of sulfonamides is 1. The summed E-state index contributed by atoms with van der Waals surface area (Å²) >= 11 is 0. The van der Waals surface area contributed by atoms with Crippen molar-refractivity contribution < 1.29 is 35.7 Å². The lowest BCUT2D eigenvalue weighted by atomic mass is 10.2. The Morgan fingerprint density at radius 3 is 2.69 bits per heavy atom. The summed E-state index contributed by atoms with van der Waals surface area (Å²) in [6.07, 6.45) is -3.04. The summed E-state index contributed by atoms with van der Waals surface area (Å²) in [6.45, 7) is -0.493. The van der Waals surface area contributed by atoms with Crippen LogP contribution in [-0.4, -0.2) is 49.4 Å². The predicted molar refractivity (Wildman–Crippen MR) is 92.5 cm³/mol. The van der Waals surface area contributed by atoms with Crippen LogP contribution in [0.5, 0.6) is 5.88 Å². The molecule has 2 aromatic rings. The molecule has 2 rings (SSSR count). The fourth-order valence-corrected chi connectivity index (χ4v) is 2.85. The van der Waals surface area contributed by atoms with Gasteiger partial charge in [-0.1, -0.05) is 0 Å². The first-order valence-electron chi connectivity index (χ1n) is 7.72. The molecule has 1 aromatic heterocycles. The summed E-state index contributed by atoms with van der Waals surface area (Å²) in [5.74, 6) is -3.59. The largest absolute Gasteiger partial charge is 0.472 e. The van der Waals surface area contributed by atoms with Crippen LogP contribution in [0.1, 0.15) is 17.7 Å². The summed E-state index contributed by atoms with van der Waals surface area (Å²) in [6, 6.07) is 2.74. The fourth-order valence-electron chi connectivity index (χ4n) is 1.97. The molecule has 0 aliphatic carbocycles. The number of rotatable bonds is 10. The van der Waals surface area contributed by atoms with Gasteiger partial charge in [0.05, 0.1) is 11.3 Å². The van der Waals surface area contributed by atoms with Gasteiger partial charge >= 0.3 is 0 Å². The van der Waals surface area contributed by atoms with E-state index in [1.807, 2.05) is 0 Å². The van der Waals surface area contributed by atoms with Gasteiger partial charge in [-0.05, 0) is 28.5 Å². The normalized spacial score (nSPS) is 12.3. The number of nitrogens with zero attached hydrogens (tertiary/aromatic N) is 3. The molecule has 0 bridgehead atoms. The number of carbonyl (C=O) groups is 1. The van der Waals surface area contributed by atoms with Crippen LogP contribution >= 0.6 is 0 Å². The van der Waals surface area contributed by atoms with E-state index in [1.165, 1.54) is 0 Å². The molecule has 0 unspecified atom stereocenters. The van der Waals surface area contributed by atoms with Crippen LogP contribution in [0.4, 0.5) is 18.9 Å². The number of alkyl halides is 2. The molecule has 0 atom stereocenters. The maximum atomic E-state index is 13.3. The molecular weight excluding hydrogens is 421 g/mol. The third-order valence-corrected chi connectivity index (χ3v) is 4.47. The Bertz CT molecular complexity index is 1010. The van der Waals surface area contributed by atoms with Crippen molar-refractivity contribution >= 4 is 27.5 Å². The minimum atomic E-state index is -3.91. The van der Waals surface area contributed by atoms with Crippen molar-refractivity contribution in [1.29, 1.82) is 0 Å². The Hall–Kier alpha value is -3.20. The highest BCUT2D eigenvalue weighted by Gasteiger charge is 2.18. The number of primary amides is 1. The predicted octanol–water partition coefficient (Wildman–Crippen LogP) is -0.0332. The van der Waals surface area contributed by atoms with E-state index in [0.717, 1.165) is 18.2 Å². The molecule has 15 heteroatoms. The van der Waals surface area contributed by atoms with Gasteiger partial charge in [0.2, 0.25) is 21.6 Å². The van der Waals surface area contributed by atoms with E-state index in [9.17, 15) is 26.4 Å². The molecule has 11 nitrogen and oxygen atoms in total. The number of nitrogens with two attached hydrogens (primary N) is 2. The molecule has 0 aliphatic heterocycles. The number of hydrogen-bond donors (Lipinski definition) is 3. The van der Waals surface area contributed by atoms with Crippen molar-refractivity contribution in [2.24, 2.45) is 16.5 Å². The van der Waals surface area contributed by atoms with Crippen LogP contribution in [0, 0.1) is 5.82 Å². The highest BCUT2D eigenvalue weighted by Crippen LogP contribution is 2.26. The number of amides is 1. The van der Waals surface area contributed by atoms with Gasteiger partial charge < -0.3 is 16.2 Å². The summed E-state index contributed by atoms with van der Waals surface area (Å²) < 4.78 is 73.4. The lowest BCUT2D eigenvalue weighted by Gasteiger charge is -2.06. The molecular formula is C14H15F3N6O5S. The molecule has 29 heavy (non-hydrogen) atoms. The van der Waals surface area contributed by atoms with Gasteiger partial charge in [-0.15, -0.1) is 0 Å². The molecule has 1 heterocycles. The summed E-state index contributed by atoms with van der Waals surface area (Å²) in [5.41, 5.74) is 9.42. The van der Waals surface area contributed by atoms with E-state index in [-0.39, 0.29) is 36.2 Å². The molecule has 0 saturated carbocycles. The Kier molecular flexibility index (Phi) is 7.11. The Morgan fingerprint density at radius 2 is 2.03 bits per heavy atom. The van der Waals surface area contributed by atoms with Gasteiger partial charge in [0, 0.05) is 6.54 Å². The van der Waals surface area contributed by atoms with Gasteiger partial charge in [0.1, 0.15) is 18.2 Å². The van der Waals surface area contributed by atoms with Crippen LogP contribution < -0.4 is 20.9 Å². The number of nitrogens with one attached hydrogen (secondary N) is 1. The number of hydrogen-bond acceptors (Lipinski definition) is 8. The van der Waals surface area contributed by atoms with Crippen molar-refractivity contribution in [2.45, 2.75) is 6.43 Å². The first-order chi connectivity index (χ1) is 13.6. The van der Waals surface area contributed by atoms with Crippen molar-refractivity contribution in [2.75, 3.05) is 18.9 Å². The molecule has 0 aliphatic rings. The number of halogens is 3. The van der Waals surface area contributed by atoms with E-state index in [0.29, 0.717) is 0 Å². The van der Waals surface area contributed by atoms with E-state index in [1.54, 1.807) is 0 Å².